The molecule has 0 bridgehead atoms. The summed E-state index contributed by atoms with van der Waals surface area (Å²) in [6.45, 7) is 3.97. The first kappa shape index (κ1) is 22.6. The summed E-state index contributed by atoms with van der Waals surface area (Å²) in [5, 5.41) is 13.5. The van der Waals surface area contributed by atoms with E-state index in [1.165, 1.54) is 41.7 Å². The average molecular weight is 442 g/mol. The molecule has 0 saturated carbocycles. The topological polar surface area (TPSA) is 119 Å². The molecule has 156 valence electrons. The van der Waals surface area contributed by atoms with Crippen molar-refractivity contribution < 1.29 is 22.9 Å². The Hall–Kier alpha value is -2.69. The molecule has 0 aliphatic rings. The van der Waals surface area contributed by atoms with E-state index in [1.54, 1.807) is 13.8 Å². The third kappa shape index (κ3) is 4.84. The summed E-state index contributed by atoms with van der Waals surface area (Å²) in [5.74, 6) is -0.580. The lowest BCUT2D eigenvalue weighted by atomic mass is 10.1. The van der Waals surface area contributed by atoms with Gasteiger partial charge in [-0.1, -0.05) is 25.4 Å². The maximum atomic E-state index is 12.8. The monoisotopic (exact) mass is 441 g/mol. The van der Waals surface area contributed by atoms with Crippen LogP contribution in [0.3, 0.4) is 0 Å². The van der Waals surface area contributed by atoms with Gasteiger partial charge in [-0.05, 0) is 24.3 Å². The smallest absolute Gasteiger partial charge is 0.271 e. The van der Waals surface area contributed by atoms with Crippen LogP contribution in [-0.2, 0) is 10.0 Å². The van der Waals surface area contributed by atoms with Crippen molar-refractivity contribution in [3.63, 3.8) is 0 Å². The molecule has 0 aliphatic carbocycles. The molecule has 9 nitrogen and oxygen atoms in total. The highest BCUT2D eigenvalue weighted by atomic mass is 35.5. The number of nitro groups is 1. The van der Waals surface area contributed by atoms with Crippen molar-refractivity contribution in [3.8, 4) is 5.75 Å². The molecule has 0 aromatic heterocycles. The molecule has 2 aromatic carbocycles. The van der Waals surface area contributed by atoms with Crippen molar-refractivity contribution in [2.24, 2.45) is 0 Å². The highest BCUT2D eigenvalue weighted by Gasteiger charge is 2.25. The average Bonchev–Trinajstić information content (AvgIpc) is 2.69. The molecule has 0 aliphatic heterocycles. The molecular formula is C18H20ClN3O6S. The Labute approximate surface area is 173 Å². The normalized spacial score (nSPS) is 11.3. The second kappa shape index (κ2) is 9.21. The van der Waals surface area contributed by atoms with E-state index in [-0.39, 0.29) is 45.7 Å². The van der Waals surface area contributed by atoms with Gasteiger partial charge in [0.05, 0.1) is 33.2 Å². The zero-order valence-corrected chi connectivity index (χ0v) is 17.6. The standard InChI is InChI=1S/C18H20ClN3O6S/c1-4-21(5-2)29(26,27)13-7-9-17(28-3)14(11-13)18(23)20-16-10-12(22(24)25)6-8-15(16)19/h6-11H,4-5H2,1-3H3,(H,20,23). The largest absolute Gasteiger partial charge is 0.496 e. The van der Waals surface area contributed by atoms with Crippen molar-refractivity contribution in [2.45, 2.75) is 18.7 Å². The number of nitrogens with one attached hydrogen (secondary N) is 1. The molecule has 29 heavy (non-hydrogen) atoms. The van der Waals surface area contributed by atoms with E-state index >= 15 is 0 Å². The molecule has 1 N–H and O–H groups in total. The van der Waals surface area contributed by atoms with E-state index in [4.69, 9.17) is 16.3 Å². The zero-order valence-electron chi connectivity index (χ0n) is 16.0. The minimum atomic E-state index is -3.80. The number of amides is 1. The van der Waals surface area contributed by atoms with Gasteiger partial charge in [0.15, 0.2) is 0 Å². The number of benzene rings is 2. The number of halogens is 1. The van der Waals surface area contributed by atoms with Gasteiger partial charge in [-0.15, -0.1) is 0 Å². The van der Waals surface area contributed by atoms with Gasteiger partial charge in [0, 0.05) is 25.2 Å². The first-order chi connectivity index (χ1) is 13.6. The second-order valence-corrected chi connectivity index (χ2v) is 8.17. The molecule has 0 heterocycles. The maximum absolute atomic E-state index is 12.8. The summed E-state index contributed by atoms with van der Waals surface area (Å²) in [6.07, 6.45) is 0. The Morgan fingerprint density at radius 2 is 1.86 bits per heavy atom. The van der Waals surface area contributed by atoms with Crippen LogP contribution in [0.1, 0.15) is 24.2 Å². The number of carbonyl (C=O) groups excluding carboxylic acids is 1. The summed E-state index contributed by atoms with van der Waals surface area (Å²) >= 11 is 6.02. The predicted molar refractivity (Wildman–Crippen MR) is 109 cm³/mol. The van der Waals surface area contributed by atoms with Crippen LogP contribution in [0, 0.1) is 10.1 Å². The lowest BCUT2D eigenvalue weighted by molar-refractivity contribution is -0.384. The summed E-state index contributed by atoms with van der Waals surface area (Å²) in [4.78, 5) is 23.0. The minimum Gasteiger partial charge on any atom is -0.496 e. The number of anilines is 1. The predicted octanol–water partition coefficient (Wildman–Crippen LogP) is 3.54. The van der Waals surface area contributed by atoms with E-state index in [0.717, 1.165) is 6.07 Å². The third-order valence-corrected chi connectivity index (χ3v) is 6.54. The van der Waals surface area contributed by atoms with Crippen LogP contribution >= 0.6 is 11.6 Å². The summed E-state index contributed by atoms with van der Waals surface area (Å²) in [7, 11) is -2.46. The van der Waals surface area contributed by atoms with Crippen LogP contribution in [-0.4, -0.2) is 43.8 Å². The quantitative estimate of drug-likeness (QED) is 0.494. The first-order valence-corrected chi connectivity index (χ1v) is 10.4. The highest BCUT2D eigenvalue weighted by molar-refractivity contribution is 7.89. The molecule has 0 unspecified atom stereocenters. The Bertz CT molecular complexity index is 1040. The third-order valence-electron chi connectivity index (χ3n) is 4.17. The zero-order chi connectivity index (χ0) is 21.8. The van der Waals surface area contributed by atoms with Gasteiger partial charge in [0.2, 0.25) is 10.0 Å². The molecule has 0 fully saturated rings. The van der Waals surface area contributed by atoms with Crippen LogP contribution in [0.15, 0.2) is 41.3 Å². The van der Waals surface area contributed by atoms with Crippen LogP contribution in [0.2, 0.25) is 5.02 Å². The molecule has 0 radical (unpaired) electrons. The van der Waals surface area contributed by atoms with Gasteiger partial charge >= 0.3 is 0 Å². The van der Waals surface area contributed by atoms with Gasteiger partial charge in [0.1, 0.15) is 5.75 Å². The van der Waals surface area contributed by atoms with Crippen LogP contribution in [0.5, 0.6) is 5.75 Å². The van der Waals surface area contributed by atoms with E-state index in [0.29, 0.717) is 0 Å². The number of sulfonamides is 1. The van der Waals surface area contributed by atoms with Crippen LogP contribution in [0.25, 0.3) is 0 Å². The van der Waals surface area contributed by atoms with E-state index < -0.39 is 20.9 Å². The number of nitro benzene ring substituents is 1. The van der Waals surface area contributed by atoms with Crippen molar-refractivity contribution in [1.82, 2.24) is 4.31 Å². The van der Waals surface area contributed by atoms with Gasteiger partial charge in [-0.3, -0.25) is 14.9 Å². The molecule has 0 atom stereocenters. The van der Waals surface area contributed by atoms with Crippen molar-refractivity contribution in [3.05, 3.63) is 57.1 Å². The van der Waals surface area contributed by atoms with Gasteiger partial charge in [-0.25, -0.2) is 8.42 Å². The fourth-order valence-electron chi connectivity index (χ4n) is 2.65. The molecule has 1 amide bonds. The van der Waals surface area contributed by atoms with Crippen LogP contribution in [0.4, 0.5) is 11.4 Å². The van der Waals surface area contributed by atoms with E-state index in [2.05, 4.69) is 5.32 Å². The van der Waals surface area contributed by atoms with Gasteiger partial charge < -0.3 is 10.1 Å². The molecule has 2 aromatic rings. The number of methoxy groups -OCH3 is 1. The van der Waals surface area contributed by atoms with Gasteiger partial charge in [-0.2, -0.15) is 4.31 Å². The molecule has 11 heteroatoms. The van der Waals surface area contributed by atoms with E-state index in [1.807, 2.05) is 0 Å². The Morgan fingerprint density at radius 1 is 1.21 bits per heavy atom. The fourth-order valence-corrected chi connectivity index (χ4v) is 4.30. The Balaban J connectivity index is 2.47. The lowest BCUT2D eigenvalue weighted by Gasteiger charge is -2.19. The second-order valence-electron chi connectivity index (χ2n) is 5.83. The molecule has 2 rings (SSSR count). The lowest BCUT2D eigenvalue weighted by Crippen LogP contribution is -2.30. The van der Waals surface area contributed by atoms with Crippen LogP contribution < -0.4 is 10.1 Å². The number of ether oxygens (including phenoxy) is 1. The minimum absolute atomic E-state index is 0.0184. The molecular weight excluding hydrogens is 422 g/mol. The Morgan fingerprint density at radius 3 is 2.41 bits per heavy atom. The maximum Gasteiger partial charge on any atom is 0.271 e. The number of rotatable bonds is 8. The fraction of sp³-hybridized carbons (Fsp3) is 0.278. The van der Waals surface area contributed by atoms with Crippen molar-refractivity contribution in [1.29, 1.82) is 0 Å². The highest BCUT2D eigenvalue weighted by Crippen LogP contribution is 2.29. The summed E-state index contributed by atoms with van der Waals surface area (Å²) in [5.41, 5.74) is -0.289. The molecule has 0 saturated heterocycles. The van der Waals surface area contributed by atoms with E-state index in [9.17, 15) is 23.3 Å². The summed E-state index contributed by atoms with van der Waals surface area (Å²) < 4.78 is 31.9. The number of carbonyl (C=O) groups is 1. The number of hydrogen-bond acceptors (Lipinski definition) is 6. The Kier molecular flexibility index (Phi) is 7.17. The first-order valence-electron chi connectivity index (χ1n) is 8.59. The van der Waals surface area contributed by atoms with Gasteiger partial charge in [0.25, 0.3) is 11.6 Å². The number of nitrogens with zero attached hydrogens (tertiary/aromatic N) is 2. The number of hydrogen-bond donors (Lipinski definition) is 1. The molecule has 0 spiro atoms. The number of non-ortho nitro benzene ring substituents is 1. The summed E-state index contributed by atoms with van der Waals surface area (Å²) in [6, 6.07) is 7.53. The van der Waals surface area contributed by atoms with Crippen molar-refractivity contribution in [2.75, 3.05) is 25.5 Å². The van der Waals surface area contributed by atoms with Crippen molar-refractivity contribution >= 4 is 38.9 Å². The SMILES string of the molecule is CCN(CC)S(=O)(=O)c1ccc(OC)c(C(=O)Nc2cc([N+](=O)[O-])ccc2Cl)c1.